The number of unbranched alkanes of at least 4 members (excludes halogenated alkanes) is 7. The van der Waals surface area contributed by atoms with Crippen LogP contribution >= 0.6 is 0 Å². The van der Waals surface area contributed by atoms with Gasteiger partial charge in [0, 0.05) is 20.1 Å². The molecule has 0 fully saturated rings. The Hall–Kier alpha value is -1.26. The summed E-state index contributed by atoms with van der Waals surface area (Å²) in [6, 6.07) is -0.186. The highest BCUT2D eigenvalue weighted by Gasteiger charge is 2.08. The molecule has 2 N–H and O–H groups in total. The number of rotatable bonds is 12. The lowest BCUT2D eigenvalue weighted by Crippen LogP contribution is -2.38. The third kappa shape index (κ3) is 11.8. The maximum atomic E-state index is 11.6. The van der Waals surface area contributed by atoms with Crippen molar-refractivity contribution in [3.63, 3.8) is 0 Å². The van der Waals surface area contributed by atoms with Gasteiger partial charge in [-0.3, -0.25) is 4.79 Å². The first-order valence-electron chi connectivity index (χ1n) is 7.78. The molecule has 0 aromatic rings. The summed E-state index contributed by atoms with van der Waals surface area (Å²) < 4.78 is 0. The van der Waals surface area contributed by atoms with Crippen molar-refractivity contribution in [2.24, 2.45) is 0 Å². The number of carboxylic acid groups (broad SMARTS) is 1. The van der Waals surface area contributed by atoms with Crippen LogP contribution in [0.15, 0.2) is 0 Å². The molecule has 0 heterocycles. The summed E-state index contributed by atoms with van der Waals surface area (Å²) in [5.41, 5.74) is 0. The minimum absolute atomic E-state index is 0.0122. The summed E-state index contributed by atoms with van der Waals surface area (Å²) >= 11 is 0. The van der Waals surface area contributed by atoms with E-state index in [4.69, 9.17) is 5.11 Å². The van der Waals surface area contributed by atoms with Crippen LogP contribution in [0.25, 0.3) is 0 Å². The highest BCUT2D eigenvalue weighted by molar-refractivity contribution is 5.74. The first-order chi connectivity index (χ1) is 9.57. The van der Waals surface area contributed by atoms with Gasteiger partial charge in [-0.25, -0.2) is 4.79 Å². The fraction of sp³-hybridized carbons (Fsp3) is 0.867. The van der Waals surface area contributed by atoms with E-state index in [0.29, 0.717) is 6.54 Å². The third-order valence-corrected chi connectivity index (χ3v) is 3.31. The van der Waals surface area contributed by atoms with Gasteiger partial charge < -0.3 is 15.3 Å². The Balaban J connectivity index is 3.36. The van der Waals surface area contributed by atoms with Gasteiger partial charge in [-0.05, 0) is 6.42 Å². The molecule has 5 heteroatoms. The Morgan fingerprint density at radius 1 is 1.00 bits per heavy atom. The van der Waals surface area contributed by atoms with Crippen LogP contribution in [0.5, 0.6) is 0 Å². The smallest absolute Gasteiger partial charge is 0.317 e. The second kappa shape index (κ2) is 12.8. The van der Waals surface area contributed by atoms with E-state index in [1.54, 1.807) is 7.05 Å². The molecular weight excluding hydrogens is 256 g/mol. The van der Waals surface area contributed by atoms with Crippen LogP contribution in [0.3, 0.4) is 0 Å². The van der Waals surface area contributed by atoms with Crippen LogP contribution in [0.2, 0.25) is 0 Å². The molecule has 118 valence electrons. The maximum Gasteiger partial charge on any atom is 0.317 e. The Bertz CT molecular complexity index is 270. The van der Waals surface area contributed by atoms with Gasteiger partial charge in [-0.1, -0.05) is 51.9 Å². The van der Waals surface area contributed by atoms with Crippen LogP contribution in [0.1, 0.15) is 64.7 Å². The van der Waals surface area contributed by atoms with Gasteiger partial charge in [0.2, 0.25) is 0 Å². The molecule has 0 saturated heterocycles. The normalized spacial score (nSPS) is 10.3. The Morgan fingerprint density at radius 3 is 2.10 bits per heavy atom. The molecule has 0 aromatic heterocycles. The molecule has 0 bridgehead atoms. The number of carbonyl (C=O) groups excluding carboxylic acids is 1. The second-order valence-electron chi connectivity index (χ2n) is 5.27. The van der Waals surface area contributed by atoms with Crippen molar-refractivity contribution in [3.8, 4) is 0 Å². The predicted molar refractivity (Wildman–Crippen MR) is 80.9 cm³/mol. The quantitative estimate of drug-likeness (QED) is 0.541. The zero-order valence-corrected chi connectivity index (χ0v) is 13.0. The summed E-state index contributed by atoms with van der Waals surface area (Å²) in [5.74, 6) is -0.882. The zero-order chi connectivity index (χ0) is 15.2. The SMILES string of the molecule is CCCCCCCCCCNC(=O)N(C)CCC(=O)O. The van der Waals surface area contributed by atoms with Crippen LogP contribution < -0.4 is 5.32 Å². The van der Waals surface area contributed by atoms with E-state index in [1.165, 1.54) is 43.4 Å². The van der Waals surface area contributed by atoms with Gasteiger partial charge in [0.1, 0.15) is 0 Å². The van der Waals surface area contributed by atoms with Crippen molar-refractivity contribution in [2.45, 2.75) is 64.7 Å². The molecule has 0 aliphatic heterocycles. The topological polar surface area (TPSA) is 69.6 Å². The summed E-state index contributed by atoms with van der Waals surface area (Å²) in [4.78, 5) is 23.4. The Morgan fingerprint density at radius 2 is 1.55 bits per heavy atom. The number of urea groups is 1. The van der Waals surface area contributed by atoms with Crippen LogP contribution in [-0.4, -0.2) is 42.1 Å². The van der Waals surface area contributed by atoms with E-state index in [9.17, 15) is 9.59 Å². The van der Waals surface area contributed by atoms with Gasteiger partial charge in [0.15, 0.2) is 0 Å². The molecule has 0 aliphatic rings. The van der Waals surface area contributed by atoms with Crippen molar-refractivity contribution in [1.29, 1.82) is 0 Å². The minimum Gasteiger partial charge on any atom is -0.481 e. The monoisotopic (exact) mass is 286 g/mol. The molecule has 0 atom stereocenters. The number of nitrogens with one attached hydrogen (secondary N) is 1. The van der Waals surface area contributed by atoms with E-state index in [0.717, 1.165) is 12.8 Å². The molecule has 0 aromatic carbocycles. The average molecular weight is 286 g/mol. The fourth-order valence-electron chi connectivity index (χ4n) is 1.95. The Kier molecular flexibility index (Phi) is 12.0. The van der Waals surface area contributed by atoms with Crippen molar-refractivity contribution < 1.29 is 14.7 Å². The lowest BCUT2D eigenvalue weighted by atomic mass is 10.1. The molecule has 0 unspecified atom stereocenters. The zero-order valence-electron chi connectivity index (χ0n) is 13.0. The van der Waals surface area contributed by atoms with Gasteiger partial charge in [0.25, 0.3) is 0 Å². The number of carboxylic acids is 1. The van der Waals surface area contributed by atoms with Crippen molar-refractivity contribution in [1.82, 2.24) is 10.2 Å². The molecule has 0 aliphatic carbocycles. The van der Waals surface area contributed by atoms with Crippen molar-refractivity contribution in [3.05, 3.63) is 0 Å². The molecule has 0 radical (unpaired) electrons. The minimum atomic E-state index is -0.882. The van der Waals surface area contributed by atoms with E-state index in [-0.39, 0.29) is 19.0 Å². The van der Waals surface area contributed by atoms with Gasteiger partial charge >= 0.3 is 12.0 Å². The first-order valence-corrected chi connectivity index (χ1v) is 7.78. The van der Waals surface area contributed by atoms with E-state index >= 15 is 0 Å². The number of amides is 2. The van der Waals surface area contributed by atoms with Crippen molar-refractivity contribution >= 4 is 12.0 Å². The van der Waals surface area contributed by atoms with E-state index in [1.807, 2.05) is 0 Å². The highest BCUT2D eigenvalue weighted by Crippen LogP contribution is 2.07. The first kappa shape index (κ1) is 18.7. The number of nitrogens with zero attached hydrogens (tertiary/aromatic N) is 1. The summed E-state index contributed by atoms with van der Waals surface area (Å²) in [5, 5.41) is 11.3. The molecule has 0 saturated carbocycles. The number of aliphatic carboxylic acids is 1. The summed E-state index contributed by atoms with van der Waals surface area (Å²) in [6.45, 7) is 3.14. The third-order valence-electron chi connectivity index (χ3n) is 3.31. The number of hydrogen-bond donors (Lipinski definition) is 2. The van der Waals surface area contributed by atoms with Crippen LogP contribution in [-0.2, 0) is 4.79 Å². The molecule has 0 rings (SSSR count). The van der Waals surface area contributed by atoms with Crippen LogP contribution in [0, 0.1) is 0 Å². The van der Waals surface area contributed by atoms with Gasteiger partial charge in [-0.2, -0.15) is 0 Å². The highest BCUT2D eigenvalue weighted by atomic mass is 16.4. The van der Waals surface area contributed by atoms with Crippen LogP contribution in [0.4, 0.5) is 4.79 Å². The number of carbonyl (C=O) groups is 2. The maximum absolute atomic E-state index is 11.6. The predicted octanol–water partition coefficient (Wildman–Crippen LogP) is 3.24. The largest absolute Gasteiger partial charge is 0.481 e. The second-order valence-corrected chi connectivity index (χ2v) is 5.27. The van der Waals surface area contributed by atoms with Crippen molar-refractivity contribution in [2.75, 3.05) is 20.1 Å². The summed E-state index contributed by atoms with van der Waals surface area (Å²) in [6.07, 6.45) is 9.90. The molecular formula is C15H30N2O3. The van der Waals surface area contributed by atoms with Gasteiger partial charge in [0.05, 0.1) is 6.42 Å². The molecule has 5 nitrogen and oxygen atoms in total. The molecule has 20 heavy (non-hydrogen) atoms. The summed E-state index contributed by atoms with van der Waals surface area (Å²) in [7, 11) is 1.62. The van der Waals surface area contributed by atoms with E-state index in [2.05, 4.69) is 12.2 Å². The van der Waals surface area contributed by atoms with Gasteiger partial charge in [-0.15, -0.1) is 0 Å². The lowest BCUT2D eigenvalue weighted by molar-refractivity contribution is -0.137. The lowest BCUT2D eigenvalue weighted by Gasteiger charge is -2.16. The fourth-order valence-corrected chi connectivity index (χ4v) is 1.95. The number of hydrogen-bond acceptors (Lipinski definition) is 2. The van der Waals surface area contributed by atoms with E-state index < -0.39 is 5.97 Å². The Labute approximate surface area is 122 Å². The average Bonchev–Trinajstić information content (AvgIpc) is 2.42. The standard InChI is InChI=1S/C15H30N2O3/c1-3-4-5-6-7-8-9-10-12-16-15(20)17(2)13-11-14(18)19/h3-13H2,1-2H3,(H,16,20)(H,18,19). The molecule has 2 amide bonds. The molecule has 0 spiro atoms.